The smallest absolute Gasteiger partial charge is 0.155 e. The first-order valence-corrected chi connectivity index (χ1v) is 9.95. The molecule has 4 rings (SSSR count). The molecule has 2 aliphatic rings. The monoisotopic (exact) mass is 361 g/mol. The second kappa shape index (κ2) is 7.57. The van der Waals surface area contributed by atoms with Crippen LogP contribution in [0.5, 0.6) is 5.75 Å². The predicted octanol–water partition coefficient (Wildman–Crippen LogP) is 5.29. The lowest BCUT2D eigenvalue weighted by Crippen LogP contribution is -2.35. The van der Waals surface area contributed by atoms with Crippen molar-refractivity contribution in [3.8, 4) is 5.75 Å². The molecule has 0 bridgehead atoms. The molecule has 0 radical (unpaired) electrons. The summed E-state index contributed by atoms with van der Waals surface area (Å²) in [5, 5.41) is 5.85. The highest BCUT2D eigenvalue weighted by Gasteiger charge is 2.25. The molecule has 1 unspecified atom stereocenters. The van der Waals surface area contributed by atoms with E-state index in [1.165, 1.54) is 5.39 Å². The average molecular weight is 361 g/mol. The van der Waals surface area contributed by atoms with Gasteiger partial charge in [0.1, 0.15) is 11.4 Å². The van der Waals surface area contributed by atoms with E-state index < -0.39 is 0 Å². The molecule has 140 valence electrons. The van der Waals surface area contributed by atoms with Crippen LogP contribution in [0.1, 0.15) is 27.2 Å². The molecule has 1 heterocycles. The zero-order valence-electron chi connectivity index (χ0n) is 16.3. The van der Waals surface area contributed by atoms with Gasteiger partial charge in [-0.05, 0) is 31.7 Å². The van der Waals surface area contributed by atoms with Gasteiger partial charge in [-0.3, -0.25) is 4.90 Å². The molecule has 0 aromatic heterocycles. The van der Waals surface area contributed by atoms with Crippen LogP contribution in [0, 0.1) is 0 Å². The topological polar surface area (TPSA) is 36.9 Å². The van der Waals surface area contributed by atoms with E-state index in [1.54, 1.807) is 0 Å². The van der Waals surface area contributed by atoms with Crippen LogP contribution in [0.25, 0.3) is 10.8 Å². The van der Waals surface area contributed by atoms with Crippen molar-refractivity contribution in [1.29, 1.82) is 0 Å². The van der Waals surface area contributed by atoms with Crippen LogP contribution in [-0.2, 0) is 0 Å². The summed E-state index contributed by atoms with van der Waals surface area (Å²) in [5.74, 6) is 1.69. The molecule has 4 heteroatoms. The van der Waals surface area contributed by atoms with E-state index in [-0.39, 0.29) is 6.04 Å². The molecule has 27 heavy (non-hydrogen) atoms. The molecule has 2 aromatic carbocycles. The predicted molar refractivity (Wildman–Crippen MR) is 114 cm³/mol. The molecular weight excluding hydrogens is 334 g/mol. The molecule has 1 aliphatic heterocycles. The Hall–Kier alpha value is -2.59. The number of aliphatic imine (C=N–C) groups is 1. The van der Waals surface area contributed by atoms with Crippen molar-refractivity contribution in [2.75, 3.05) is 25.0 Å². The fraction of sp³-hybridized carbons (Fsp3) is 0.348. The van der Waals surface area contributed by atoms with Gasteiger partial charge in [-0.15, -0.1) is 0 Å². The molecule has 4 nitrogen and oxygen atoms in total. The van der Waals surface area contributed by atoms with Crippen LogP contribution in [0.2, 0.25) is 0 Å². The van der Waals surface area contributed by atoms with Gasteiger partial charge in [0.15, 0.2) is 11.5 Å². The van der Waals surface area contributed by atoms with E-state index in [9.17, 15) is 0 Å². The Labute approximate surface area is 161 Å². The van der Waals surface area contributed by atoms with Crippen molar-refractivity contribution >= 4 is 27.9 Å². The molecular formula is C23H27N3O. The Kier molecular flexibility index (Phi) is 4.99. The third kappa shape index (κ3) is 3.26. The molecule has 0 saturated heterocycles. The van der Waals surface area contributed by atoms with E-state index in [2.05, 4.69) is 79.5 Å². The first-order valence-electron chi connectivity index (χ1n) is 9.95. The van der Waals surface area contributed by atoms with Gasteiger partial charge in [-0.2, -0.15) is 0 Å². The number of allylic oxidation sites excluding steroid dienone is 1. The van der Waals surface area contributed by atoms with Crippen LogP contribution >= 0.6 is 0 Å². The van der Waals surface area contributed by atoms with Crippen LogP contribution in [0.3, 0.4) is 0 Å². The van der Waals surface area contributed by atoms with Gasteiger partial charge in [-0.25, -0.2) is 4.99 Å². The van der Waals surface area contributed by atoms with Crippen LogP contribution in [0.4, 0.5) is 11.4 Å². The molecule has 1 N–H and O–H groups in total. The largest absolute Gasteiger partial charge is 0.453 e. The molecule has 0 saturated carbocycles. The quantitative estimate of drug-likeness (QED) is 0.759. The van der Waals surface area contributed by atoms with Crippen LogP contribution in [0.15, 0.2) is 59.3 Å². The fourth-order valence-corrected chi connectivity index (χ4v) is 3.79. The second-order valence-electron chi connectivity index (χ2n) is 6.94. The van der Waals surface area contributed by atoms with Crippen LogP contribution < -0.4 is 10.1 Å². The Morgan fingerprint density at radius 1 is 1.11 bits per heavy atom. The van der Waals surface area contributed by atoms with Crippen molar-refractivity contribution in [1.82, 2.24) is 4.90 Å². The number of likely N-dealkylation sites (N-methyl/N-ethyl adjacent to an activating group) is 1. The van der Waals surface area contributed by atoms with Crippen LogP contribution in [-0.4, -0.2) is 36.3 Å². The van der Waals surface area contributed by atoms with Crippen molar-refractivity contribution in [2.24, 2.45) is 4.99 Å². The summed E-state index contributed by atoms with van der Waals surface area (Å²) >= 11 is 0. The number of ether oxygens (including phenoxy) is 1. The number of nitrogens with one attached hydrogen (secondary N) is 1. The summed E-state index contributed by atoms with van der Waals surface area (Å²) < 4.78 is 6.35. The summed E-state index contributed by atoms with van der Waals surface area (Å²) in [6.07, 6.45) is 7.57. The zero-order valence-corrected chi connectivity index (χ0v) is 16.3. The first-order chi connectivity index (χ1) is 13.2. The number of benzene rings is 2. The normalized spacial score (nSPS) is 17.9. The number of hydrogen-bond acceptors (Lipinski definition) is 4. The zero-order chi connectivity index (χ0) is 18.8. The molecule has 0 amide bonds. The lowest BCUT2D eigenvalue weighted by molar-refractivity contribution is 0.283. The third-order valence-electron chi connectivity index (χ3n) is 5.26. The molecule has 0 spiro atoms. The van der Waals surface area contributed by atoms with Gasteiger partial charge in [0, 0.05) is 29.1 Å². The lowest BCUT2D eigenvalue weighted by atomic mass is 10.0. The maximum absolute atomic E-state index is 6.35. The second-order valence-corrected chi connectivity index (χ2v) is 6.94. The molecule has 0 fully saturated rings. The van der Waals surface area contributed by atoms with Gasteiger partial charge in [0.2, 0.25) is 0 Å². The summed E-state index contributed by atoms with van der Waals surface area (Å²) in [6.45, 7) is 9.50. The Morgan fingerprint density at radius 2 is 1.89 bits per heavy atom. The minimum atomic E-state index is 0.258. The van der Waals surface area contributed by atoms with Gasteiger partial charge in [-0.1, -0.05) is 51.1 Å². The first kappa shape index (κ1) is 17.8. The molecule has 2 aromatic rings. The lowest BCUT2D eigenvalue weighted by Gasteiger charge is -2.29. The molecule has 1 aliphatic carbocycles. The number of fused-ring (bicyclic) bond motifs is 4. The van der Waals surface area contributed by atoms with E-state index in [0.717, 1.165) is 60.0 Å². The Bertz CT molecular complexity index is 938. The van der Waals surface area contributed by atoms with E-state index in [0.29, 0.717) is 0 Å². The highest BCUT2D eigenvalue weighted by molar-refractivity contribution is 6.14. The van der Waals surface area contributed by atoms with Gasteiger partial charge in [0.25, 0.3) is 0 Å². The summed E-state index contributed by atoms with van der Waals surface area (Å²) in [5.41, 5.74) is 2.94. The third-order valence-corrected chi connectivity index (χ3v) is 5.26. The Morgan fingerprint density at radius 3 is 2.63 bits per heavy atom. The highest BCUT2D eigenvalue weighted by atomic mass is 16.5. The SMILES string of the molecule is CCCNc1cc2c(c3ccccc13)N=C1C=CC(N(CC)CC)C=C1O2. The summed E-state index contributed by atoms with van der Waals surface area (Å²) in [4.78, 5) is 7.35. The van der Waals surface area contributed by atoms with E-state index in [4.69, 9.17) is 9.73 Å². The summed E-state index contributed by atoms with van der Waals surface area (Å²) in [7, 11) is 0. The minimum absolute atomic E-state index is 0.258. The maximum Gasteiger partial charge on any atom is 0.155 e. The fourth-order valence-electron chi connectivity index (χ4n) is 3.79. The maximum atomic E-state index is 6.35. The number of nitrogens with zero attached hydrogens (tertiary/aromatic N) is 2. The van der Waals surface area contributed by atoms with E-state index in [1.807, 2.05) is 0 Å². The van der Waals surface area contributed by atoms with Gasteiger partial charge < -0.3 is 10.1 Å². The minimum Gasteiger partial charge on any atom is -0.453 e. The Balaban J connectivity index is 1.78. The standard InChI is InChI=1S/C23H27N3O/c1-4-13-24-20-15-22-23(18-10-8-7-9-17(18)20)25-19-12-11-16(14-21(19)27-22)26(5-2)6-3/h7-12,14-16,24H,4-6,13H2,1-3H3. The number of rotatable bonds is 6. The van der Waals surface area contributed by atoms with Gasteiger partial charge >= 0.3 is 0 Å². The average Bonchev–Trinajstić information content (AvgIpc) is 2.71. The van der Waals surface area contributed by atoms with Crippen molar-refractivity contribution < 1.29 is 4.74 Å². The molecule has 1 atom stereocenters. The highest BCUT2D eigenvalue weighted by Crippen LogP contribution is 2.44. The van der Waals surface area contributed by atoms with Crippen molar-refractivity contribution in [2.45, 2.75) is 33.2 Å². The van der Waals surface area contributed by atoms with E-state index >= 15 is 0 Å². The summed E-state index contributed by atoms with van der Waals surface area (Å²) in [6, 6.07) is 10.8. The van der Waals surface area contributed by atoms with Gasteiger partial charge in [0.05, 0.1) is 6.04 Å². The van der Waals surface area contributed by atoms with Crippen molar-refractivity contribution in [3.05, 3.63) is 54.3 Å². The number of anilines is 1. The number of hydrogen-bond donors (Lipinski definition) is 1. The van der Waals surface area contributed by atoms with Crippen molar-refractivity contribution in [3.63, 3.8) is 0 Å².